The lowest BCUT2D eigenvalue weighted by Gasteiger charge is -2.20. The smallest absolute Gasteiger partial charge is 0.276 e. The molecule has 0 bridgehead atoms. The number of benzene rings is 2. The van der Waals surface area contributed by atoms with E-state index >= 15 is 0 Å². The van der Waals surface area contributed by atoms with Gasteiger partial charge in [0.1, 0.15) is 5.69 Å². The van der Waals surface area contributed by atoms with E-state index in [2.05, 4.69) is 16.5 Å². The van der Waals surface area contributed by atoms with E-state index in [-0.39, 0.29) is 17.5 Å². The first kappa shape index (κ1) is 20.2. The summed E-state index contributed by atoms with van der Waals surface area (Å²) in [5.74, 6) is -0.474. The topological polar surface area (TPSA) is 67.2 Å². The summed E-state index contributed by atoms with van der Waals surface area (Å²) in [5, 5.41) is 7.77. The molecular formula is C23H23ClN4O2. The molecule has 0 fully saturated rings. The van der Waals surface area contributed by atoms with E-state index in [0.29, 0.717) is 36.0 Å². The summed E-state index contributed by atoms with van der Waals surface area (Å²) in [6.45, 7) is 5.71. The van der Waals surface area contributed by atoms with Crippen LogP contribution >= 0.6 is 11.6 Å². The van der Waals surface area contributed by atoms with Crippen molar-refractivity contribution < 1.29 is 9.59 Å². The summed E-state index contributed by atoms with van der Waals surface area (Å²) in [6.07, 6.45) is 0.778. The van der Waals surface area contributed by atoms with Crippen LogP contribution in [0.2, 0.25) is 5.02 Å². The minimum Gasteiger partial charge on any atom is -0.333 e. The summed E-state index contributed by atoms with van der Waals surface area (Å²) < 4.78 is 1.64. The SMILES string of the molecule is Cc1cccc(CN2CCCn3nc(C(=O)Nc4cc(Cl)ccc4C)cc3C2=O)c1. The molecule has 6 nitrogen and oxygen atoms in total. The fraction of sp³-hybridized carbons (Fsp3) is 0.261. The molecule has 2 aromatic carbocycles. The second-order valence-corrected chi connectivity index (χ2v) is 8.06. The maximum atomic E-state index is 13.1. The fourth-order valence-corrected chi connectivity index (χ4v) is 3.81. The molecule has 2 heterocycles. The molecule has 0 atom stereocenters. The number of aryl methyl sites for hydroxylation is 3. The van der Waals surface area contributed by atoms with Gasteiger partial charge in [0.2, 0.25) is 0 Å². The Balaban J connectivity index is 1.55. The van der Waals surface area contributed by atoms with Gasteiger partial charge in [-0.25, -0.2) is 0 Å². The number of halogens is 1. The zero-order chi connectivity index (χ0) is 21.3. The molecule has 0 spiro atoms. The normalized spacial score (nSPS) is 13.7. The molecule has 0 unspecified atom stereocenters. The van der Waals surface area contributed by atoms with Crippen LogP contribution in [0.4, 0.5) is 5.69 Å². The maximum Gasteiger partial charge on any atom is 0.276 e. The fourth-order valence-electron chi connectivity index (χ4n) is 3.64. The van der Waals surface area contributed by atoms with Gasteiger partial charge in [0.15, 0.2) is 5.69 Å². The number of nitrogens with zero attached hydrogens (tertiary/aromatic N) is 3. The molecule has 0 aliphatic carbocycles. The van der Waals surface area contributed by atoms with Crippen LogP contribution in [-0.2, 0) is 13.1 Å². The second-order valence-electron chi connectivity index (χ2n) is 7.62. The van der Waals surface area contributed by atoms with Crippen LogP contribution in [0.5, 0.6) is 0 Å². The summed E-state index contributed by atoms with van der Waals surface area (Å²) in [7, 11) is 0. The summed E-state index contributed by atoms with van der Waals surface area (Å²) in [6, 6.07) is 15.0. The first-order chi connectivity index (χ1) is 14.4. The molecule has 0 radical (unpaired) electrons. The van der Waals surface area contributed by atoms with Gasteiger partial charge in [-0.05, 0) is 43.5 Å². The summed E-state index contributed by atoms with van der Waals surface area (Å²) in [4.78, 5) is 27.7. The lowest BCUT2D eigenvalue weighted by Crippen LogP contribution is -2.30. The van der Waals surface area contributed by atoms with Crippen molar-refractivity contribution >= 4 is 29.1 Å². The van der Waals surface area contributed by atoms with Gasteiger partial charge in [-0.3, -0.25) is 14.3 Å². The van der Waals surface area contributed by atoms with E-state index < -0.39 is 0 Å². The van der Waals surface area contributed by atoms with Crippen LogP contribution < -0.4 is 5.32 Å². The number of hydrogen-bond donors (Lipinski definition) is 1. The number of anilines is 1. The van der Waals surface area contributed by atoms with Crippen molar-refractivity contribution in [2.45, 2.75) is 33.4 Å². The molecule has 154 valence electrons. The number of rotatable bonds is 4. The molecule has 7 heteroatoms. The molecule has 0 saturated carbocycles. The van der Waals surface area contributed by atoms with Crippen molar-refractivity contribution in [3.8, 4) is 0 Å². The molecule has 1 N–H and O–H groups in total. The van der Waals surface area contributed by atoms with E-state index in [1.54, 1.807) is 22.9 Å². The summed E-state index contributed by atoms with van der Waals surface area (Å²) >= 11 is 6.04. The van der Waals surface area contributed by atoms with Gasteiger partial charge in [0.25, 0.3) is 11.8 Å². The first-order valence-corrected chi connectivity index (χ1v) is 10.3. The lowest BCUT2D eigenvalue weighted by atomic mass is 10.1. The number of amides is 2. The number of carbonyl (C=O) groups is 2. The standard InChI is InChI=1S/C23H23ClN4O2/c1-15-5-3-6-17(11-15)14-27-9-4-10-28-21(23(27)30)13-20(26-28)22(29)25-19-12-18(24)8-7-16(19)2/h3,5-8,11-13H,4,9-10,14H2,1-2H3,(H,25,29). The Hall–Kier alpha value is -3.12. The largest absolute Gasteiger partial charge is 0.333 e. The Morgan fingerprint density at radius 2 is 1.97 bits per heavy atom. The number of carbonyl (C=O) groups excluding carboxylic acids is 2. The van der Waals surface area contributed by atoms with Gasteiger partial charge in [0.05, 0.1) is 0 Å². The molecular weight excluding hydrogens is 400 g/mol. The maximum absolute atomic E-state index is 13.1. The molecule has 0 saturated heterocycles. The number of fused-ring (bicyclic) bond motifs is 1. The molecule has 3 aromatic rings. The number of hydrogen-bond acceptors (Lipinski definition) is 3. The average Bonchev–Trinajstić information content (AvgIpc) is 3.08. The van der Waals surface area contributed by atoms with Crippen molar-refractivity contribution in [1.29, 1.82) is 0 Å². The number of nitrogens with one attached hydrogen (secondary N) is 1. The van der Waals surface area contributed by atoms with Crippen LogP contribution in [0.25, 0.3) is 0 Å². The highest BCUT2D eigenvalue weighted by Crippen LogP contribution is 2.22. The van der Waals surface area contributed by atoms with Gasteiger partial charge >= 0.3 is 0 Å². The van der Waals surface area contributed by atoms with Crippen LogP contribution in [0.3, 0.4) is 0 Å². The highest BCUT2D eigenvalue weighted by atomic mass is 35.5. The van der Waals surface area contributed by atoms with Gasteiger partial charge in [0, 0.05) is 36.4 Å². The zero-order valence-electron chi connectivity index (χ0n) is 17.0. The van der Waals surface area contributed by atoms with Crippen molar-refractivity contribution in [3.05, 3.63) is 81.6 Å². The van der Waals surface area contributed by atoms with Gasteiger partial charge in [-0.15, -0.1) is 0 Å². The van der Waals surface area contributed by atoms with E-state index in [1.807, 2.05) is 43.0 Å². The predicted molar refractivity (Wildman–Crippen MR) is 117 cm³/mol. The Bertz CT molecular complexity index is 1120. The molecule has 30 heavy (non-hydrogen) atoms. The predicted octanol–water partition coefficient (Wildman–Crippen LogP) is 4.45. The van der Waals surface area contributed by atoms with E-state index in [1.165, 1.54) is 0 Å². The Kier molecular flexibility index (Phi) is 5.59. The van der Waals surface area contributed by atoms with E-state index in [4.69, 9.17) is 11.6 Å². The van der Waals surface area contributed by atoms with E-state index in [9.17, 15) is 9.59 Å². The van der Waals surface area contributed by atoms with Crippen LogP contribution in [0, 0.1) is 13.8 Å². The summed E-state index contributed by atoms with van der Waals surface area (Å²) in [5.41, 5.74) is 4.43. The van der Waals surface area contributed by atoms with Gasteiger partial charge in [-0.1, -0.05) is 47.5 Å². The highest BCUT2D eigenvalue weighted by molar-refractivity contribution is 6.31. The Labute approximate surface area is 180 Å². The monoisotopic (exact) mass is 422 g/mol. The number of aromatic nitrogens is 2. The van der Waals surface area contributed by atoms with E-state index in [0.717, 1.165) is 23.1 Å². The zero-order valence-corrected chi connectivity index (χ0v) is 17.7. The first-order valence-electron chi connectivity index (χ1n) is 9.91. The van der Waals surface area contributed by atoms with Crippen molar-refractivity contribution in [2.75, 3.05) is 11.9 Å². The molecule has 2 amide bonds. The quantitative estimate of drug-likeness (QED) is 0.675. The highest BCUT2D eigenvalue weighted by Gasteiger charge is 2.26. The molecule has 1 aliphatic heterocycles. The van der Waals surface area contributed by atoms with Crippen LogP contribution in [-0.4, -0.2) is 33.0 Å². The van der Waals surface area contributed by atoms with Gasteiger partial charge in [-0.2, -0.15) is 5.10 Å². The van der Waals surface area contributed by atoms with Gasteiger partial charge < -0.3 is 10.2 Å². The second kappa shape index (κ2) is 8.32. The van der Waals surface area contributed by atoms with Crippen molar-refractivity contribution in [1.82, 2.24) is 14.7 Å². The Morgan fingerprint density at radius 1 is 1.13 bits per heavy atom. The lowest BCUT2D eigenvalue weighted by molar-refractivity contribution is 0.0745. The third-order valence-electron chi connectivity index (χ3n) is 5.22. The van der Waals surface area contributed by atoms with Crippen molar-refractivity contribution in [3.63, 3.8) is 0 Å². The average molecular weight is 423 g/mol. The molecule has 4 rings (SSSR count). The molecule has 1 aliphatic rings. The van der Waals surface area contributed by atoms with Crippen LogP contribution in [0.15, 0.2) is 48.5 Å². The molecule has 1 aromatic heterocycles. The van der Waals surface area contributed by atoms with Crippen LogP contribution in [0.1, 0.15) is 44.1 Å². The minimum atomic E-state index is -0.362. The third kappa shape index (κ3) is 4.24. The minimum absolute atomic E-state index is 0.112. The van der Waals surface area contributed by atoms with Crippen molar-refractivity contribution in [2.24, 2.45) is 0 Å². The third-order valence-corrected chi connectivity index (χ3v) is 5.46. The Morgan fingerprint density at radius 3 is 2.77 bits per heavy atom.